The van der Waals surface area contributed by atoms with E-state index in [9.17, 15) is 24.5 Å². The van der Waals surface area contributed by atoms with E-state index in [0.29, 0.717) is 11.3 Å². The molecule has 15 nitrogen and oxygen atoms in total. The van der Waals surface area contributed by atoms with Crippen molar-refractivity contribution in [1.82, 2.24) is 21.0 Å². The first-order valence-corrected chi connectivity index (χ1v) is 13.9. The Hall–Kier alpha value is -5.18. The van der Waals surface area contributed by atoms with Crippen LogP contribution >= 0.6 is 0 Å². The highest BCUT2D eigenvalue weighted by molar-refractivity contribution is 5.95. The SMILES string of the molecule is CCOC(=O)C1=C(C)NC(=O)N[C@@H]1c1ccc(OCC(=O)N/N=C\c2cc(N3CCN(C)CC3)ccc2[N+](=O)[O-])c(OC)c1. The highest BCUT2D eigenvalue weighted by atomic mass is 16.6. The number of amides is 3. The van der Waals surface area contributed by atoms with Crippen LogP contribution in [0.2, 0.25) is 0 Å². The van der Waals surface area contributed by atoms with Gasteiger partial charge in [-0.2, -0.15) is 5.10 Å². The Morgan fingerprint density at radius 1 is 1.16 bits per heavy atom. The number of esters is 1. The summed E-state index contributed by atoms with van der Waals surface area (Å²) in [6, 6.07) is 8.29. The summed E-state index contributed by atoms with van der Waals surface area (Å²) >= 11 is 0. The van der Waals surface area contributed by atoms with E-state index in [4.69, 9.17) is 14.2 Å². The molecule has 2 aliphatic heterocycles. The van der Waals surface area contributed by atoms with Gasteiger partial charge in [0.1, 0.15) is 0 Å². The normalized spacial score (nSPS) is 17.1. The lowest BCUT2D eigenvalue weighted by Crippen LogP contribution is -2.45. The number of likely N-dealkylation sites (N-methyl/N-ethyl adjacent to an activating group) is 1. The van der Waals surface area contributed by atoms with E-state index in [-0.39, 0.29) is 34.9 Å². The maximum atomic E-state index is 12.6. The number of nitro groups is 1. The number of ether oxygens (including phenoxy) is 3. The van der Waals surface area contributed by atoms with Crippen molar-refractivity contribution < 1.29 is 33.5 Å². The second-order valence-corrected chi connectivity index (χ2v) is 10.1. The topological polar surface area (TPSA) is 177 Å². The average molecular weight is 610 g/mol. The zero-order valence-corrected chi connectivity index (χ0v) is 24.9. The van der Waals surface area contributed by atoms with Gasteiger partial charge in [0.15, 0.2) is 18.1 Å². The highest BCUT2D eigenvalue weighted by Crippen LogP contribution is 2.34. The number of methoxy groups -OCH3 is 1. The number of allylic oxidation sites excluding steroid dienone is 1. The fraction of sp³-hybridized carbons (Fsp3) is 0.379. The lowest BCUT2D eigenvalue weighted by atomic mass is 9.95. The molecule has 0 radical (unpaired) electrons. The average Bonchev–Trinajstić information content (AvgIpc) is 2.99. The molecule has 4 rings (SSSR count). The summed E-state index contributed by atoms with van der Waals surface area (Å²) in [6.07, 6.45) is 1.23. The minimum Gasteiger partial charge on any atom is -0.493 e. The van der Waals surface area contributed by atoms with Gasteiger partial charge in [-0.15, -0.1) is 0 Å². The highest BCUT2D eigenvalue weighted by Gasteiger charge is 2.32. The Morgan fingerprint density at radius 2 is 1.91 bits per heavy atom. The Morgan fingerprint density at radius 3 is 2.59 bits per heavy atom. The van der Waals surface area contributed by atoms with E-state index >= 15 is 0 Å². The number of carbonyl (C=O) groups excluding carboxylic acids is 3. The minimum absolute atomic E-state index is 0.136. The zero-order valence-electron chi connectivity index (χ0n) is 24.9. The molecule has 2 aliphatic rings. The standard InChI is InChI=1S/C29H35N7O8/c1-5-43-28(38)26-18(2)31-29(39)32-27(26)19-6-9-23(24(15-19)42-4)44-17-25(37)33-30-16-20-14-21(7-8-22(20)36(40)41)35-12-10-34(3)11-13-35/h6-9,14-16,27H,5,10-13,17H2,1-4H3,(H,33,37)(H2,31,32,39)/b30-16-/t27-/m1/s1. The Kier molecular flexibility index (Phi) is 10.3. The predicted molar refractivity (Wildman–Crippen MR) is 161 cm³/mol. The van der Waals surface area contributed by atoms with Crippen LogP contribution in [0.1, 0.15) is 31.0 Å². The Labute approximate surface area is 254 Å². The van der Waals surface area contributed by atoms with Gasteiger partial charge >= 0.3 is 12.0 Å². The second-order valence-electron chi connectivity index (χ2n) is 10.1. The monoisotopic (exact) mass is 609 g/mol. The molecule has 1 atom stereocenters. The van der Waals surface area contributed by atoms with Crippen molar-refractivity contribution in [3.63, 3.8) is 0 Å². The third-order valence-corrected chi connectivity index (χ3v) is 7.11. The van der Waals surface area contributed by atoms with Crippen molar-refractivity contribution in [2.45, 2.75) is 19.9 Å². The minimum atomic E-state index is -0.804. The van der Waals surface area contributed by atoms with Gasteiger partial charge < -0.3 is 34.6 Å². The van der Waals surface area contributed by atoms with Gasteiger partial charge in [-0.1, -0.05) is 6.07 Å². The third kappa shape index (κ3) is 7.60. The van der Waals surface area contributed by atoms with Crippen LogP contribution in [0.5, 0.6) is 11.5 Å². The number of urea groups is 1. The summed E-state index contributed by atoms with van der Waals surface area (Å²) in [7, 11) is 3.45. The van der Waals surface area contributed by atoms with Gasteiger partial charge in [-0.05, 0) is 50.7 Å². The van der Waals surface area contributed by atoms with Crippen molar-refractivity contribution in [3.8, 4) is 11.5 Å². The van der Waals surface area contributed by atoms with E-state index in [1.165, 1.54) is 19.4 Å². The van der Waals surface area contributed by atoms with Gasteiger partial charge in [0.2, 0.25) is 0 Å². The molecular formula is C29H35N7O8. The number of anilines is 1. The summed E-state index contributed by atoms with van der Waals surface area (Å²) in [5.41, 5.74) is 4.41. The van der Waals surface area contributed by atoms with E-state index in [2.05, 4.69) is 31.0 Å². The van der Waals surface area contributed by atoms with Crippen molar-refractivity contribution in [3.05, 3.63) is 68.9 Å². The number of carbonyl (C=O) groups is 3. The maximum Gasteiger partial charge on any atom is 0.338 e. The van der Waals surface area contributed by atoms with Crippen LogP contribution in [0.3, 0.4) is 0 Å². The van der Waals surface area contributed by atoms with Gasteiger partial charge in [-0.25, -0.2) is 15.0 Å². The van der Waals surface area contributed by atoms with E-state index in [1.807, 2.05) is 7.05 Å². The number of benzene rings is 2. The summed E-state index contributed by atoms with van der Waals surface area (Å²) in [5, 5.41) is 20.8. The molecule has 2 heterocycles. The lowest BCUT2D eigenvalue weighted by molar-refractivity contribution is -0.385. The molecule has 0 aliphatic carbocycles. The smallest absolute Gasteiger partial charge is 0.338 e. The van der Waals surface area contributed by atoms with Gasteiger partial charge in [0.05, 0.1) is 42.0 Å². The predicted octanol–water partition coefficient (Wildman–Crippen LogP) is 2.08. The summed E-state index contributed by atoms with van der Waals surface area (Å²) in [6.45, 7) is 6.36. The largest absolute Gasteiger partial charge is 0.493 e. The van der Waals surface area contributed by atoms with Crippen LogP contribution in [0.15, 0.2) is 52.8 Å². The molecule has 1 fully saturated rings. The third-order valence-electron chi connectivity index (χ3n) is 7.11. The van der Waals surface area contributed by atoms with Crippen LogP contribution in [-0.2, 0) is 14.3 Å². The number of nitro benzene ring substituents is 1. The van der Waals surface area contributed by atoms with E-state index in [0.717, 1.165) is 31.9 Å². The molecule has 0 bridgehead atoms. The Balaban J connectivity index is 1.42. The summed E-state index contributed by atoms with van der Waals surface area (Å²) in [5.74, 6) is -0.706. The summed E-state index contributed by atoms with van der Waals surface area (Å²) < 4.78 is 16.2. The first-order chi connectivity index (χ1) is 21.1. The van der Waals surface area contributed by atoms with Crippen molar-refractivity contribution in [2.24, 2.45) is 5.10 Å². The molecule has 0 unspecified atom stereocenters. The number of hydrogen-bond acceptors (Lipinski definition) is 11. The van der Waals surface area contributed by atoms with Crippen molar-refractivity contribution >= 4 is 35.5 Å². The molecule has 3 amide bonds. The van der Waals surface area contributed by atoms with Crippen LogP contribution in [-0.4, -0.2) is 87.5 Å². The molecule has 0 saturated carbocycles. The number of hydrazone groups is 1. The molecule has 2 aromatic rings. The molecule has 234 valence electrons. The quantitative estimate of drug-likeness (QED) is 0.148. The molecule has 1 saturated heterocycles. The maximum absolute atomic E-state index is 12.6. The molecule has 0 spiro atoms. The van der Waals surface area contributed by atoms with Gasteiger partial charge in [0.25, 0.3) is 11.6 Å². The number of piperazine rings is 1. The number of nitrogens with one attached hydrogen (secondary N) is 3. The first-order valence-electron chi connectivity index (χ1n) is 13.9. The molecule has 15 heteroatoms. The van der Waals surface area contributed by atoms with Crippen molar-refractivity contribution in [2.75, 3.05) is 58.5 Å². The fourth-order valence-corrected chi connectivity index (χ4v) is 4.83. The molecule has 0 aromatic heterocycles. The van der Waals surface area contributed by atoms with E-state index < -0.39 is 35.5 Å². The van der Waals surface area contributed by atoms with Gasteiger partial charge in [-0.3, -0.25) is 14.9 Å². The first kappa shape index (κ1) is 31.7. The van der Waals surface area contributed by atoms with Crippen LogP contribution in [0, 0.1) is 10.1 Å². The number of nitrogens with zero attached hydrogens (tertiary/aromatic N) is 4. The number of hydrogen-bond donors (Lipinski definition) is 3. The lowest BCUT2D eigenvalue weighted by Gasteiger charge is -2.34. The molecule has 3 N–H and O–H groups in total. The fourth-order valence-electron chi connectivity index (χ4n) is 4.83. The Bertz CT molecular complexity index is 1480. The molecule has 44 heavy (non-hydrogen) atoms. The second kappa shape index (κ2) is 14.3. The van der Waals surface area contributed by atoms with Crippen LogP contribution in [0.25, 0.3) is 0 Å². The van der Waals surface area contributed by atoms with Gasteiger partial charge in [0, 0.05) is 43.6 Å². The summed E-state index contributed by atoms with van der Waals surface area (Å²) in [4.78, 5) is 52.7. The number of rotatable bonds is 11. The van der Waals surface area contributed by atoms with Crippen molar-refractivity contribution in [1.29, 1.82) is 0 Å². The molecule has 2 aromatic carbocycles. The van der Waals surface area contributed by atoms with E-state index in [1.54, 1.807) is 44.2 Å². The molecular weight excluding hydrogens is 574 g/mol. The zero-order chi connectivity index (χ0) is 31.8. The van der Waals surface area contributed by atoms with Crippen LogP contribution in [0.4, 0.5) is 16.2 Å². The van der Waals surface area contributed by atoms with Crippen LogP contribution < -0.4 is 30.4 Å².